The van der Waals surface area contributed by atoms with Gasteiger partial charge in [-0.1, -0.05) is 0 Å². The maximum Gasteiger partial charge on any atom is 0.347 e. The average Bonchev–Trinajstić information content (AvgIpc) is 2.72. The third-order valence-electron chi connectivity index (χ3n) is 3.00. The van der Waals surface area contributed by atoms with Crippen molar-refractivity contribution in [1.29, 1.82) is 0 Å². The van der Waals surface area contributed by atoms with E-state index in [9.17, 15) is 4.79 Å². The van der Waals surface area contributed by atoms with Gasteiger partial charge in [-0.15, -0.1) is 0 Å². The Balaban J connectivity index is 2.51. The molecule has 6 heteroatoms. The van der Waals surface area contributed by atoms with E-state index in [1.807, 2.05) is 48.2 Å². The molecule has 0 saturated heterocycles. The largest absolute Gasteiger partial charge is 0.385 e. The molecule has 0 spiro atoms. The molecule has 0 aliphatic rings. The zero-order valence-corrected chi connectivity index (χ0v) is 10.1. The molecule has 0 fully saturated rings. The highest BCUT2D eigenvalue weighted by molar-refractivity contribution is 6.07. The number of rotatable bonds is 1. The number of hydrogen-bond donors (Lipinski definition) is 2. The van der Waals surface area contributed by atoms with Crippen LogP contribution in [-0.4, -0.2) is 28.7 Å². The van der Waals surface area contributed by atoms with E-state index >= 15 is 0 Å². The summed E-state index contributed by atoms with van der Waals surface area (Å²) < 4.78 is 1.98. The molecule has 3 rings (SSSR count). The van der Waals surface area contributed by atoms with E-state index < -0.39 is 5.69 Å². The smallest absolute Gasteiger partial charge is 0.347 e. The van der Waals surface area contributed by atoms with Crippen LogP contribution in [-0.2, 0) is 0 Å². The number of benzene rings is 1. The maximum absolute atomic E-state index is 11.4. The third kappa shape index (κ3) is 1.35. The van der Waals surface area contributed by atoms with Crippen LogP contribution in [0.2, 0.25) is 0 Å². The molecular formula is C12H13N5O. The molecule has 0 atom stereocenters. The van der Waals surface area contributed by atoms with E-state index in [1.165, 1.54) is 0 Å². The second kappa shape index (κ2) is 3.49. The van der Waals surface area contributed by atoms with E-state index in [1.54, 1.807) is 0 Å². The number of nitrogen functional groups attached to an aromatic ring is 1. The Morgan fingerprint density at radius 1 is 1.28 bits per heavy atom. The Kier molecular flexibility index (Phi) is 2.07. The normalized spacial score (nSPS) is 11.2. The van der Waals surface area contributed by atoms with E-state index in [-0.39, 0.29) is 0 Å². The van der Waals surface area contributed by atoms with Gasteiger partial charge in [0.2, 0.25) is 0 Å². The first-order valence-corrected chi connectivity index (χ1v) is 5.55. The fraction of sp³-hybridized carbons (Fsp3) is 0.167. The predicted octanol–water partition coefficient (Wildman–Crippen LogP) is 0.658. The van der Waals surface area contributed by atoms with Crippen molar-refractivity contribution in [3.8, 4) is 0 Å². The van der Waals surface area contributed by atoms with E-state index in [0.717, 1.165) is 16.3 Å². The highest BCUT2D eigenvalue weighted by Gasteiger charge is 2.09. The molecule has 18 heavy (non-hydrogen) atoms. The molecule has 2 aromatic heterocycles. The number of H-pyrrole nitrogens is 1. The molecule has 0 unspecified atom stereocenters. The Hall–Kier alpha value is -2.50. The molecule has 0 saturated carbocycles. The molecule has 3 aromatic rings. The number of nitrogens with one attached hydrogen (secondary N) is 1. The number of aromatic nitrogens is 3. The van der Waals surface area contributed by atoms with Crippen molar-refractivity contribution < 1.29 is 0 Å². The fourth-order valence-corrected chi connectivity index (χ4v) is 2.19. The minimum atomic E-state index is -0.426. The van der Waals surface area contributed by atoms with Crippen LogP contribution in [0.4, 0.5) is 5.82 Å². The molecule has 2 heterocycles. The first-order valence-electron chi connectivity index (χ1n) is 5.55. The van der Waals surface area contributed by atoms with Crippen LogP contribution in [0.1, 0.15) is 0 Å². The topological polar surface area (TPSA) is 79.9 Å². The summed E-state index contributed by atoms with van der Waals surface area (Å²) in [6, 6.07) is 5.77. The Morgan fingerprint density at radius 2 is 2.06 bits per heavy atom. The van der Waals surface area contributed by atoms with Crippen LogP contribution in [0.15, 0.2) is 29.2 Å². The molecule has 0 radical (unpaired) electrons. The molecule has 0 aliphatic heterocycles. The molecule has 3 N–H and O–H groups in total. The van der Waals surface area contributed by atoms with Crippen molar-refractivity contribution in [1.82, 2.24) is 14.6 Å². The quantitative estimate of drug-likeness (QED) is 0.658. The van der Waals surface area contributed by atoms with E-state index in [4.69, 9.17) is 5.73 Å². The average molecular weight is 243 g/mol. The number of fused-ring (bicyclic) bond motifs is 3. The summed E-state index contributed by atoms with van der Waals surface area (Å²) in [6.07, 6.45) is 1.93. The lowest BCUT2D eigenvalue weighted by atomic mass is 10.1. The molecule has 1 aromatic carbocycles. The van der Waals surface area contributed by atoms with Crippen molar-refractivity contribution in [2.75, 3.05) is 24.8 Å². The Morgan fingerprint density at radius 3 is 2.78 bits per heavy atom. The lowest BCUT2D eigenvalue weighted by Gasteiger charge is -2.15. The number of hydrogen-bond acceptors (Lipinski definition) is 4. The minimum absolute atomic E-state index is 0.351. The second-order valence-electron chi connectivity index (χ2n) is 4.36. The summed E-state index contributed by atoms with van der Waals surface area (Å²) in [5.74, 6) is 0.351. The monoisotopic (exact) mass is 243 g/mol. The summed E-state index contributed by atoms with van der Waals surface area (Å²) in [6.45, 7) is 0. The predicted molar refractivity (Wildman–Crippen MR) is 72.3 cm³/mol. The van der Waals surface area contributed by atoms with Crippen molar-refractivity contribution in [3.63, 3.8) is 0 Å². The van der Waals surface area contributed by atoms with Gasteiger partial charge in [0, 0.05) is 31.1 Å². The molecule has 0 amide bonds. The molecule has 92 valence electrons. The summed E-state index contributed by atoms with van der Waals surface area (Å²) in [4.78, 5) is 17.9. The Bertz CT molecular complexity index is 799. The standard InChI is InChI=1S/C12H13N5O/c1-16(2)17-6-5-7-9(17)4-3-8-10(7)14-12(18)15-11(8)13/h3-6H,1-2H3,(H3,13,14,15,18). The van der Waals surface area contributed by atoms with Gasteiger partial charge in [-0.3, -0.25) is 9.66 Å². The van der Waals surface area contributed by atoms with Gasteiger partial charge in [0.15, 0.2) is 0 Å². The van der Waals surface area contributed by atoms with E-state index in [0.29, 0.717) is 11.3 Å². The van der Waals surface area contributed by atoms with Gasteiger partial charge < -0.3 is 10.7 Å². The Labute approximate surface area is 103 Å². The summed E-state index contributed by atoms with van der Waals surface area (Å²) >= 11 is 0. The van der Waals surface area contributed by atoms with Gasteiger partial charge in [-0.2, -0.15) is 4.98 Å². The molecular weight excluding hydrogens is 230 g/mol. The lowest BCUT2D eigenvalue weighted by molar-refractivity contribution is 0.762. The number of anilines is 1. The van der Waals surface area contributed by atoms with Crippen LogP contribution < -0.4 is 16.4 Å². The summed E-state index contributed by atoms with van der Waals surface area (Å²) in [5.41, 5.74) is 7.00. The van der Waals surface area contributed by atoms with Crippen molar-refractivity contribution >= 4 is 27.6 Å². The van der Waals surface area contributed by atoms with Gasteiger partial charge in [0.1, 0.15) is 5.82 Å². The van der Waals surface area contributed by atoms with Crippen molar-refractivity contribution in [2.45, 2.75) is 0 Å². The van der Waals surface area contributed by atoms with Gasteiger partial charge in [-0.05, 0) is 18.2 Å². The zero-order chi connectivity index (χ0) is 12.9. The van der Waals surface area contributed by atoms with Gasteiger partial charge in [-0.25, -0.2) is 4.79 Å². The van der Waals surface area contributed by atoms with Gasteiger partial charge >= 0.3 is 5.69 Å². The van der Waals surface area contributed by atoms with Crippen molar-refractivity contribution in [2.24, 2.45) is 0 Å². The van der Waals surface area contributed by atoms with E-state index in [2.05, 4.69) is 9.97 Å². The maximum atomic E-state index is 11.4. The highest BCUT2D eigenvalue weighted by atomic mass is 16.1. The minimum Gasteiger partial charge on any atom is -0.385 e. The summed E-state index contributed by atoms with van der Waals surface area (Å²) in [7, 11) is 3.90. The van der Waals surface area contributed by atoms with Crippen LogP contribution >= 0.6 is 0 Å². The van der Waals surface area contributed by atoms with Crippen LogP contribution in [0.5, 0.6) is 0 Å². The second-order valence-corrected chi connectivity index (χ2v) is 4.36. The van der Waals surface area contributed by atoms with Gasteiger partial charge in [0.05, 0.1) is 11.0 Å². The molecule has 6 nitrogen and oxygen atoms in total. The SMILES string of the molecule is CN(C)n1ccc2c3nc(=O)[nH]c(N)c3ccc21. The summed E-state index contributed by atoms with van der Waals surface area (Å²) in [5, 5.41) is 3.63. The number of nitrogens with zero attached hydrogens (tertiary/aromatic N) is 3. The molecule has 0 aliphatic carbocycles. The lowest BCUT2D eigenvalue weighted by Crippen LogP contribution is -2.23. The molecule has 0 bridgehead atoms. The fourth-order valence-electron chi connectivity index (χ4n) is 2.19. The van der Waals surface area contributed by atoms with Crippen LogP contribution in [0.3, 0.4) is 0 Å². The number of nitrogens with two attached hydrogens (primary N) is 1. The van der Waals surface area contributed by atoms with Crippen LogP contribution in [0, 0.1) is 0 Å². The van der Waals surface area contributed by atoms with Crippen LogP contribution in [0.25, 0.3) is 21.8 Å². The van der Waals surface area contributed by atoms with Crippen molar-refractivity contribution in [3.05, 3.63) is 34.9 Å². The highest BCUT2D eigenvalue weighted by Crippen LogP contribution is 2.25. The third-order valence-corrected chi connectivity index (χ3v) is 3.00. The zero-order valence-electron chi connectivity index (χ0n) is 10.1. The number of aromatic amines is 1. The first-order chi connectivity index (χ1) is 8.58. The first kappa shape index (κ1) is 10.6. The van der Waals surface area contributed by atoms with Gasteiger partial charge in [0.25, 0.3) is 0 Å².